The number of nitrogens with one attached hydrogen (secondary N) is 3. The fourth-order valence-corrected chi connectivity index (χ4v) is 4.26. The molecule has 1 atom stereocenters. The number of para-hydroxylation sites is 1. The Bertz CT molecular complexity index is 1640. The highest BCUT2D eigenvalue weighted by Gasteiger charge is 2.38. The third kappa shape index (κ3) is 6.51. The van der Waals surface area contributed by atoms with Crippen molar-refractivity contribution in [3.63, 3.8) is 0 Å². The minimum Gasteiger partial charge on any atom is -0.504 e. The van der Waals surface area contributed by atoms with Crippen LogP contribution in [0.3, 0.4) is 0 Å². The number of aromatic hydroxyl groups is 1. The van der Waals surface area contributed by atoms with Gasteiger partial charge in [-0.3, -0.25) is 4.98 Å². The van der Waals surface area contributed by atoms with Gasteiger partial charge < -0.3 is 30.9 Å². The standard InChI is InChI=1S/C22H18N6O3S.C2HF3O2/c29-19-16(8-7-12-4-3-9-23-18(12)19)25-21-27-28-22(32-21)26-17(20(30)31)10-13-11-24-15-6-2-1-5-14(13)15;3-2(4,5)1(6)7/h1-9,11,17,24,29H,10H2,(H,25,27)(H,26,28)(H,30,31);(H,6,7)/t17-;/m0./s1. The second kappa shape index (κ2) is 11.2. The number of alkyl halides is 3. The highest BCUT2D eigenvalue weighted by atomic mass is 32.1. The maximum atomic E-state index is 11.9. The van der Waals surface area contributed by atoms with Crippen molar-refractivity contribution >= 4 is 61.0 Å². The van der Waals surface area contributed by atoms with Crippen LogP contribution in [0.1, 0.15) is 5.56 Å². The SMILES string of the molecule is O=C(O)C(F)(F)F.O=C(O)[C@H](Cc1c[nH]c2ccccc12)Nc1nnc(Nc2ccc3cccnc3c2O)s1. The number of hydrogen-bond donors (Lipinski definition) is 6. The van der Waals surface area contributed by atoms with E-state index in [4.69, 9.17) is 9.90 Å². The van der Waals surface area contributed by atoms with Gasteiger partial charge in [-0.15, -0.1) is 10.2 Å². The molecule has 39 heavy (non-hydrogen) atoms. The largest absolute Gasteiger partial charge is 0.504 e. The summed E-state index contributed by atoms with van der Waals surface area (Å²) in [6.45, 7) is 0. The lowest BCUT2D eigenvalue weighted by atomic mass is 10.1. The van der Waals surface area contributed by atoms with Crippen LogP contribution in [0.25, 0.3) is 21.8 Å². The van der Waals surface area contributed by atoms with Crippen LogP contribution in [-0.4, -0.2) is 59.6 Å². The summed E-state index contributed by atoms with van der Waals surface area (Å²) in [5.74, 6) is -3.73. The third-order valence-electron chi connectivity index (χ3n) is 5.35. The molecular formula is C24H19F3N6O5S. The van der Waals surface area contributed by atoms with E-state index in [1.165, 1.54) is 0 Å². The number of aromatic amines is 1. The topological polar surface area (TPSA) is 173 Å². The summed E-state index contributed by atoms with van der Waals surface area (Å²) >= 11 is 1.16. The highest BCUT2D eigenvalue weighted by molar-refractivity contribution is 7.19. The minimum atomic E-state index is -5.08. The number of fused-ring (bicyclic) bond motifs is 2. The molecule has 3 aromatic heterocycles. The summed E-state index contributed by atoms with van der Waals surface area (Å²) in [6.07, 6.45) is -1.37. The smallest absolute Gasteiger partial charge is 0.490 e. The molecule has 0 saturated heterocycles. The van der Waals surface area contributed by atoms with Gasteiger partial charge in [0.1, 0.15) is 11.6 Å². The zero-order valence-electron chi connectivity index (χ0n) is 19.6. The third-order valence-corrected chi connectivity index (χ3v) is 6.12. The average Bonchev–Trinajstić information content (AvgIpc) is 3.52. The number of pyridine rings is 1. The average molecular weight is 561 g/mol. The van der Waals surface area contributed by atoms with Gasteiger partial charge in [0.25, 0.3) is 0 Å². The molecule has 0 saturated carbocycles. The van der Waals surface area contributed by atoms with E-state index < -0.39 is 24.2 Å². The Kier molecular flexibility index (Phi) is 7.80. The van der Waals surface area contributed by atoms with Gasteiger partial charge in [0, 0.05) is 35.1 Å². The summed E-state index contributed by atoms with van der Waals surface area (Å²) in [6, 6.07) is 14.1. The molecule has 5 rings (SSSR count). The second-order valence-corrected chi connectivity index (χ2v) is 8.95. The van der Waals surface area contributed by atoms with E-state index >= 15 is 0 Å². The van der Waals surface area contributed by atoms with Crippen molar-refractivity contribution in [1.29, 1.82) is 0 Å². The van der Waals surface area contributed by atoms with Gasteiger partial charge in [-0.25, -0.2) is 9.59 Å². The first-order chi connectivity index (χ1) is 18.5. The zero-order chi connectivity index (χ0) is 28.2. The quantitative estimate of drug-likeness (QED) is 0.152. The summed E-state index contributed by atoms with van der Waals surface area (Å²) < 4.78 is 31.7. The number of carboxylic acid groups (broad SMARTS) is 2. The summed E-state index contributed by atoms with van der Waals surface area (Å²) in [5, 5.41) is 44.0. The van der Waals surface area contributed by atoms with Gasteiger partial charge >= 0.3 is 18.1 Å². The molecule has 3 heterocycles. The molecule has 0 aliphatic rings. The number of benzene rings is 2. The first-order valence-electron chi connectivity index (χ1n) is 11.0. The van der Waals surface area contributed by atoms with Crippen LogP contribution in [0.15, 0.2) is 60.9 Å². The number of halogens is 3. The molecule has 0 aliphatic carbocycles. The molecule has 0 amide bonds. The van der Waals surface area contributed by atoms with Gasteiger partial charge in [0.05, 0.1) is 5.69 Å². The van der Waals surface area contributed by atoms with E-state index in [9.17, 15) is 28.2 Å². The molecule has 0 unspecified atom stereocenters. The molecule has 2 aromatic carbocycles. The van der Waals surface area contributed by atoms with Crippen LogP contribution in [0, 0.1) is 0 Å². The molecule has 0 fully saturated rings. The Labute approximate surface area is 221 Å². The predicted molar refractivity (Wildman–Crippen MR) is 137 cm³/mol. The number of H-pyrrole nitrogens is 1. The normalized spacial score (nSPS) is 12.0. The molecule has 11 nitrogen and oxygen atoms in total. The number of phenols is 1. The van der Waals surface area contributed by atoms with Crippen LogP contribution in [0.2, 0.25) is 0 Å². The number of nitrogens with zero attached hydrogens (tertiary/aromatic N) is 3. The summed E-state index contributed by atoms with van der Waals surface area (Å²) in [4.78, 5) is 28.1. The number of hydrogen-bond acceptors (Lipinski definition) is 9. The van der Waals surface area contributed by atoms with Crippen molar-refractivity contribution in [2.24, 2.45) is 0 Å². The lowest BCUT2D eigenvalue weighted by molar-refractivity contribution is -0.192. The number of rotatable bonds is 7. The second-order valence-electron chi connectivity index (χ2n) is 7.98. The van der Waals surface area contributed by atoms with Gasteiger partial charge in [-0.2, -0.15) is 13.2 Å². The Morgan fingerprint density at radius 2 is 1.74 bits per heavy atom. The molecule has 5 aromatic rings. The van der Waals surface area contributed by atoms with Crippen LogP contribution < -0.4 is 10.6 Å². The Morgan fingerprint density at radius 1 is 1.03 bits per heavy atom. The molecular weight excluding hydrogens is 541 g/mol. The fraction of sp³-hybridized carbons (Fsp3) is 0.125. The number of carboxylic acids is 2. The van der Waals surface area contributed by atoms with E-state index in [-0.39, 0.29) is 12.2 Å². The number of carbonyl (C=O) groups is 2. The molecule has 0 radical (unpaired) electrons. The van der Waals surface area contributed by atoms with Gasteiger partial charge in [0.2, 0.25) is 10.3 Å². The summed E-state index contributed by atoms with van der Waals surface area (Å²) in [7, 11) is 0. The molecule has 0 spiro atoms. The first kappa shape index (κ1) is 27.1. The van der Waals surface area contributed by atoms with Gasteiger partial charge in [0.15, 0.2) is 5.75 Å². The van der Waals surface area contributed by atoms with Gasteiger partial charge in [-0.05, 0) is 23.8 Å². The molecule has 15 heteroatoms. The van der Waals surface area contributed by atoms with Crippen molar-refractivity contribution in [1.82, 2.24) is 20.2 Å². The highest BCUT2D eigenvalue weighted by Crippen LogP contribution is 2.34. The first-order valence-corrected chi connectivity index (χ1v) is 11.9. The zero-order valence-corrected chi connectivity index (χ0v) is 20.4. The van der Waals surface area contributed by atoms with Crippen molar-refractivity contribution in [2.75, 3.05) is 10.6 Å². The van der Waals surface area contributed by atoms with E-state index in [1.807, 2.05) is 42.6 Å². The number of aromatic nitrogens is 4. The Balaban J connectivity index is 0.000000448. The monoisotopic (exact) mass is 560 g/mol. The van der Waals surface area contributed by atoms with Crippen molar-refractivity contribution in [3.05, 3.63) is 66.5 Å². The lowest BCUT2D eigenvalue weighted by Gasteiger charge is -2.12. The molecule has 202 valence electrons. The lowest BCUT2D eigenvalue weighted by Crippen LogP contribution is -2.31. The van der Waals surface area contributed by atoms with E-state index in [0.717, 1.165) is 33.2 Å². The minimum absolute atomic E-state index is 0.00978. The Hall–Kier alpha value is -4.92. The Morgan fingerprint density at radius 3 is 2.46 bits per heavy atom. The van der Waals surface area contributed by atoms with E-state index in [1.54, 1.807) is 18.3 Å². The van der Waals surface area contributed by atoms with E-state index in [0.29, 0.717) is 21.5 Å². The van der Waals surface area contributed by atoms with E-state index in [2.05, 4.69) is 30.8 Å². The molecule has 6 N–H and O–H groups in total. The number of anilines is 3. The maximum absolute atomic E-state index is 11.9. The fourth-order valence-electron chi connectivity index (χ4n) is 3.55. The number of aliphatic carboxylic acids is 2. The van der Waals surface area contributed by atoms with Crippen molar-refractivity contribution < 1.29 is 38.1 Å². The maximum Gasteiger partial charge on any atom is 0.490 e. The molecule has 0 bridgehead atoms. The number of phenolic OH excluding ortho intramolecular Hbond substituents is 1. The van der Waals surface area contributed by atoms with Crippen LogP contribution in [-0.2, 0) is 16.0 Å². The van der Waals surface area contributed by atoms with Crippen LogP contribution in [0.4, 0.5) is 29.1 Å². The predicted octanol–water partition coefficient (Wildman–Crippen LogP) is 4.76. The van der Waals surface area contributed by atoms with Crippen molar-refractivity contribution in [2.45, 2.75) is 18.6 Å². The molecule has 0 aliphatic heterocycles. The summed E-state index contributed by atoms with van der Waals surface area (Å²) in [5.41, 5.74) is 2.77. The van der Waals surface area contributed by atoms with Crippen LogP contribution >= 0.6 is 11.3 Å². The van der Waals surface area contributed by atoms with Gasteiger partial charge in [-0.1, -0.05) is 41.7 Å². The van der Waals surface area contributed by atoms with Crippen molar-refractivity contribution in [3.8, 4) is 5.75 Å². The van der Waals surface area contributed by atoms with Crippen LogP contribution in [0.5, 0.6) is 5.75 Å².